The SMILES string of the molecule is Cn1cnc2cc(-c3ccc(C(C)(C)N)cc3)nc(N[C@@H]3CCOC3)c2c1=O. The first-order chi connectivity index (χ1) is 13.3. The van der Waals surface area contributed by atoms with Crippen LogP contribution in [0.3, 0.4) is 0 Å². The lowest BCUT2D eigenvalue weighted by molar-refractivity contribution is 0.195. The number of ether oxygens (including phenoxy) is 1. The highest BCUT2D eigenvalue weighted by Crippen LogP contribution is 2.27. The number of anilines is 1. The molecule has 0 bridgehead atoms. The minimum absolute atomic E-state index is 0.120. The smallest absolute Gasteiger partial charge is 0.264 e. The average Bonchev–Trinajstić information content (AvgIpc) is 3.17. The third-order valence-electron chi connectivity index (χ3n) is 5.10. The lowest BCUT2D eigenvalue weighted by atomic mass is 9.94. The molecule has 0 spiro atoms. The van der Waals surface area contributed by atoms with E-state index in [1.54, 1.807) is 7.05 Å². The predicted molar refractivity (Wildman–Crippen MR) is 110 cm³/mol. The molecule has 0 radical (unpaired) electrons. The summed E-state index contributed by atoms with van der Waals surface area (Å²) in [5.41, 5.74) is 9.03. The largest absolute Gasteiger partial charge is 0.379 e. The van der Waals surface area contributed by atoms with Gasteiger partial charge in [0.25, 0.3) is 5.56 Å². The van der Waals surface area contributed by atoms with E-state index in [0.717, 1.165) is 23.2 Å². The molecule has 1 fully saturated rings. The molecule has 1 atom stereocenters. The number of nitrogens with one attached hydrogen (secondary N) is 1. The summed E-state index contributed by atoms with van der Waals surface area (Å²) in [4.78, 5) is 22.0. The van der Waals surface area contributed by atoms with Gasteiger partial charge in [-0.15, -0.1) is 0 Å². The van der Waals surface area contributed by atoms with Crippen LogP contribution in [0.2, 0.25) is 0 Å². The quantitative estimate of drug-likeness (QED) is 0.723. The molecule has 4 rings (SSSR count). The van der Waals surface area contributed by atoms with Crippen LogP contribution in [0, 0.1) is 0 Å². The maximum atomic E-state index is 12.7. The normalized spacial score (nSPS) is 17.2. The van der Waals surface area contributed by atoms with Gasteiger partial charge in [0.05, 0.1) is 30.2 Å². The Bertz CT molecular complexity index is 1060. The number of nitrogens with zero attached hydrogens (tertiary/aromatic N) is 3. The summed E-state index contributed by atoms with van der Waals surface area (Å²) in [6.07, 6.45) is 2.42. The van der Waals surface area contributed by atoms with Gasteiger partial charge >= 0.3 is 0 Å². The van der Waals surface area contributed by atoms with Gasteiger partial charge in [-0.25, -0.2) is 9.97 Å². The number of rotatable bonds is 4. The Morgan fingerprint density at radius 2 is 2.04 bits per heavy atom. The van der Waals surface area contributed by atoms with Crippen LogP contribution in [0.5, 0.6) is 0 Å². The molecule has 0 aliphatic carbocycles. The molecule has 0 saturated carbocycles. The van der Waals surface area contributed by atoms with Gasteiger partial charge in [-0.1, -0.05) is 24.3 Å². The molecule has 0 amide bonds. The minimum Gasteiger partial charge on any atom is -0.379 e. The maximum absolute atomic E-state index is 12.7. The highest BCUT2D eigenvalue weighted by Gasteiger charge is 2.20. The predicted octanol–water partition coefficient (Wildman–Crippen LogP) is 2.39. The van der Waals surface area contributed by atoms with Crippen LogP contribution in [0.15, 0.2) is 41.5 Å². The van der Waals surface area contributed by atoms with Crippen LogP contribution >= 0.6 is 0 Å². The van der Waals surface area contributed by atoms with Gasteiger partial charge in [0.2, 0.25) is 0 Å². The summed E-state index contributed by atoms with van der Waals surface area (Å²) < 4.78 is 6.92. The molecule has 1 aliphatic rings. The molecule has 7 nitrogen and oxygen atoms in total. The zero-order chi connectivity index (χ0) is 19.9. The Hall–Kier alpha value is -2.77. The van der Waals surface area contributed by atoms with E-state index in [9.17, 15) is 4.79 Å². The van der Waals surface area contributed by atoms with Crippen molar-refractivity contribution in [2.75, 3.05) is 18.5 Å². The summed E-state index contributed by atoms with van der Waals surface area (Å²) in [6, 6.07) is 10.0. The summed E-state index contributed by atoms with van der Waals surface area (Å²) in [5.74, 6) is 0.555. The Kier molecular flexibility index (Phi) is 4.64. The van der Waals surface area contributed by atoms with Crippen LogP contribution in [0.4, 0.5) is 5.82 Å². The monoisotopic (exact) mass is 379 g/mol. The summed E-state index contributed by atoms with van der Waals surface area (Å²) in [7, 11) is 1.69. The van der Waals surface area contributed by atoms with E-state index in [-0.39, 0.29) is 11.6 Å². The van der Waals surface area contributed by atoms with Crippen LogP contribution in [-0.4, -0.2) is 33.8 Å². The van der Waals surface area contributed by atoms with E-state index in [4.69, 9.17) is 15.5 Å². The number of aryl methyl sites for hydroxylation is 1. The van der Waals surface area contributed by atoms with Crippen molar-refractivity contribution in [1.82, 2.24) is 14.5 Å². The molecule has 3 N–H and O–H groups in total. The standard InChI is InChI=1S/C21H25N5O2/c1-21(2,22)14-6-4-13(5-7-14)16-10-17-18(20(27)26(3)12-23-17)19(25-16)24-15-8-9-28-11-15/h4-7,10,12,15H,8-9,11,22H2,1-3H3,(H,24,25)/t15-/m1/s1. The second-order valence-electron chi connectivity index (χ2n) is 7.91. The number of benzene rings is 1. The van der Waals surface area contributed by atoms with Gasteiger partial charge < -0.3 is 20.4 Å². The van der Waals surface area contributed by atoms with Crippen molar-refractivity contribution in [2.24, 2.45) is 12.8 Å². The van der Waals surface area contributed by atoms with Gasteiger partial charge in [0.1, 0.15) is 11.2 Å². The van der Waals surface area contributed by atoms with E-state index < -0.39 is 5.54 Å². The lowest BCUT2D eigenvalue weighted by Gasteiger charge is -2.19. The molecule has 3 heterocycles. The molecule has 146 valence electrons. The average molecular weight is 379 g/mol. The van der Waals surface area contributed by atoms with Gasteiger partial charge in [0.15, 0.2) is 0 Å². The van der Waals surface area contributed by atoms with Gasteiger partial charge in [-0.05, 0) is 31.9 Å². The highest BCUT2D eigenvalue weighted by molar-refractivity contribution is 5.91. The fourth-order valence-electron chi connectivity index (χ4n) is 3.39. The highest BCUT2D eigenvalue weighted by atomic mass is 16.5. The number of hydrogen-bond acceptors (Lipinski definition) is 6. The zero-order valence-electron chi connectivity index (χ0n) is 16.4. The first kappa shape index (κ1) is 18.6. The summed E-state index contributed by atoms with van der Waals surface area (Å²) >= 11 is 0. The molecule has 1 saturated heterocycles. The summed E-state index contributed by atoms with van der Waals surface area (Å²) in [6.45, 7) is 5.26. The minimum atomic E-state index is -0.404. The van der Waals surface area contributed by atoms with Crippen LogP contribution in [0.1, 0.15) is 25.8 Å². The molecule has 3 aromatic rings. The van der Waals surface area contributed by atoms with E-state index in [0.29, 0.717) is 29.9 Å². The number of pyridine rings is 1. The first-order valence-corrected chi connectivity index (χ1v) is 9.43. The Morgan fingerprint density at radius 3 is 2.68 bits per heavy atom. The summed E-state index contributed by atoms with van der Waals surface area (Å²) in [5, 5.41) is 3.89. The number of hydrogen-bond donors (Lipinski definition) is 2. The van der Waals surface area contributed by atoms with E-state index in [2.05, 4.69) is 10.3 Å². The van der Waals surface area contributed by atoms with Crippen molar-refractivity contribution in [1.29, 1.82) is 0 Å². The lowest BCUT2D eigenvalue weighted by Crippen LogP contribution is -2.28. The van der Waals surface area contributed by atoms with E-state index in [1.807, 2.05) is 44.2 Å². The topological polar surface area (TPSA) is 95.1 Å². The Balaban J connectivity index is 1.83. The van der Waals surface area contributed by atoms with Crippen molar-refractivity contribution in [3.05, 3.63) is 52.6 Å². The Morgan fingerprint density at radius 1 is 1.29 bits per heavy atom. The van der Waals surface area contributed by atoms with Crippen molar-refractivity contribution in [2.45, 2.75) is 31.8 Å². The van der Waals surface area contributed by atoms with Crippen molar-refractivity contribution >= 4 is 16.7 Å². The van der Waals surface area contributed by atoms with Gasteiger partial charge in [0, 0.05) is 24.8 Å². The molecule has 28 heavy (non-hydrogen) atoms. The van der Waals surface area contributed by atoms with Gasteiger partial charge in [-0.2, -0.15) is 0 Å². The number of nitrogens with two attached hydrogens (primary N) is 1. The molecular formula is C21H25N5O2. The fourth-order valence-corrected chi connectivity index (χ4v) is 3.39. The molecule has 1 aliphatic heterocycles. The van der Waals surface area contributed by atoms with Crippen molar-refractivity contribution in [3.8, 4) is 11.3 Å². The third kappa shape index (κ3) is 3.50. The van der Waals surface area contributed by atoms with Gasteiger partial charge in [-0.3, -0.25) is 4.79 Å². The number of aromatic nitrogens is 3. The van der Waals surface area contributed by atoms with Crippen molar-refractivity contribution < 1.29 is 4.74 Å². The van der Waals surface area contributed by atoms with E-state index in [1.165, 1.54) is 10.9 Å². The van der Waals surface area contributed by atoms with E-state index >= 15 is 0 Å². The van der Waals surface area contributed by atoms with Crippen LogP contribution in [0.25, 0.3) is 22.2 Å². The molecule has 7 heteroatoms. The second-order valence-corrected chi connectivity index (χ2v) is 7.91. The zero-order valence-corrected chi connectivity index (χ0v) is 16.4. The maximum Gasteiger partial charge on any atom is 0.264 e. The molecule has 1 aromatic carbocycles. The first-order valence-electron chi connectivity index (χ1n) is 9.43. The fraction of sp³-hybridized carbons (Fsp3) is 0.381. The third-order valence-corrected chi connectivity index (χ3v) is 5.10. The second kappa shape index (κ2) is 7.00. The Labute approximate surface area is 163 Å². The van der Waals surface area contributed by atoms with Crippen LogP contribution < -0.4 is 16.6 Å². The molecule has 2 aromatic heterocycles. The molecule has 0 unspecified atom stereocenters. The number of fused-ring (bicyclic) bond motifs is 1. The van der Waals surface area contributed by atoms with Crippen LogP contribution in [-0.2, 0) is 17.3 Å². The van der Waals surface area contributed by atoms with Crippen molar-refractivity contribution in [3.63, 3.8) is 0 Å². The molecular weight excluding hydrogens is 354 g/mol.